The summed E-state index contributed by atoms with van der Waals surface area (Å²) >= 11 is 1.61. The molecule has 5 nitrogen and oxygen atoms in total. The molecule has 0 saturated heterocycles. The van der Waals surface area contributed by atoms with E-state index in [1.807, 2.05) is 18.2 Å². The minimum Gasteiger partial charge on any atom is -0.354 e. The van der Waals surface area contributed by atoms with Crippen LogP contribution in [-0.4, -0.2) is 26.5 Å². The number of imidazole rings is 1. The average Bonchev–Trinajstić information content (AvgIpc) is 2.95. The second kappa shape index (κ2) is 5.92. The van der Waals surface area contributed by atoms with Crippen LogP contribution in [0.5, 0.6) is 0 Å². The summed E-state index contributed by atoms with van der Waals surface area (Å²) in [4.78, 5) is 17.5. The highest BCUT2D eigenvalue weighted by Gasteiger charge is 2.11. The van der Waals surface area contributed by atoms with Gasteiger partial charge in [0.1, 0.15) is 10.5 Å². The SMILES string of the molecule is CCCNc1nc(Sc2ccccc2)c2[nH]cnc2n1. The van der Waals surface area contributed by atoms with Crippen LogP contribution in [-0.2, 0) is 0 Å². The first kappa shape index (κ1) is 12.9. The van der Waals surface area contributed by atoms with Gasteiger partial charge in [-0.2, -0.15) is 4.98 Å². The van der Waals surface area contributed by atoms with Gasteiger partial charge in [-0.05, 0) is 18.6 Å². The molecule has 3 aromatic rings. The van der Waals surface area contributed by atoms with Crippen molar-refractivity contribution in [1.82, 2.24) is 19.9 Å². The van der Waals surface area contributed by atoms with Gasteiger partial charge in [0.15, 0.2) is 5.65 Å². The summed E-state index contributed by atoms with van der Waals surface area (Å²) < 4.78 is 0. The molecule has 0 aliphatic heterocycles. The van der Waals surface area contributed by atoms with Crippen LogP contribution in [0.3, 0.4) is 0 Å². The Morgan fingerprint density at radius 3 is 2.85 bits per heavy atom. The van der Waals surface area contributed by atoms with Gasteiger partial charge in [-0.3, -0.25) is 0 Å². The molecule has 0 saturated carbocycles. The zero-order valence-corrected chi connectivity index (χ0v) is 11.9. The van der Waals surface area contributed by atoms with Crippen molar-refractivity contribution < 1.29 is 0 Å². The van der Waals surface area contributed by atoms with Gasteiger partial charge >= 0.3 is 0 Å². The lowest BCUT2D eigenvalue weighted by atomic mass is 10.4. The van der Waals surface area contributed by atoms with Gasteiger partial charge in [-0.25, -0.2) is 9.97 Å². The summed E-state index contributed by atoms with van der Waals surface area (Å²) in [6.07, 6.45) is 2.68. The number of nitrogens with one attached hydrogen (secondary N) is 2. The number of benzene rings is 1. The van der Waals surface area contributed by atoms with Gasteiger partial charge in [0.05, 0.1) is 6.33 Å². The number of aromatic nitrogens is 4. The zero-order chi connectivity index (χ0) is 13.8. The molecule has 0 bridgehead atoms. The Morgan fingerprint density at radius 1 is 1.20 bits per heavy atom. The van der Waals surface area contributed by atoms with Gasteiger partial charge < -0.3 is 10.3 Å². The number of nitrogens with zero attached hydrogens (tertiary/aromatic N) is 3. The van der Waals surface area contributed by atoms with Gasteiger partial charge in [-0.1, -0.05) is 36.9 Å². The molecule has 2 N–H and O–H groups in total. The maximum absolute atomic E-state index is 4.58. The number of fused-ring (bicyclic) bond motifs is 1. The molecule has 2 aromatic heterocycles. The second-order valence-electron chi connectivity index (χ2n) is 4.30. The van der Waals surface area contributed by atoms with Crippen LogP contribution in [0.25, 0.3) is 11.2 Å². The smallest absolute Gasteiger partial charge is 0.225 e. The highest BCUT2D eigenvalue weighted by molar-refractivity contribution is 7.99. The minimum absolute atomic E-state index is 0.630. The fourth-order valence-electron chi connectivity index (χ4n) is 1.80. The predicted molar refractivity (Wildman–Crippen MR) is 81.0 cm³/mol. The third-order valence-corrected chi connectivity index (χ3v) is 3.74. The summed E-state index contributed by atoms with van der Waals surface area (Å²) in [5, 5.41) is 4.10. The lowest BCUT2D eigenvalue weighted by molar-refractivity contribution is 0.943. The Labute approximate surface area is 121 Å². The topological polar surface area (TPSA) is 66.5 Å². The van der Waals surface area contributed by atoms with E-state index in [1.165, 1.54) is 0 Å². The van der Waals surface area contributed by atoms with E-state index in [4.69, 9.17) is 0 Å². The molecule has 2 heterocycles. The molecule has 0 spiro atoms. The van der Waals surface area contributed by atoms with Crippen LogP contribution in [0, 0.1) is 0 Å². The lowest BCUT2D eigenvalue weighted by Gasteiger charge is -2.06. The number of H-pyrrole nitrogens is 1. The van der Waals surface area contributed by atoms with E-state index in [0.29, 0.717) is 11.6 Å². The number of aromatic amines is 1. The third-order valence-electron chi connectivity index (χ3n) is 2.74. The molecular formula is C14H15N5S. The Hall–Kier alpha value is -2.08. The van der Waals surface area contributed by atoms with E-state index in [9.17, 15) is 0 Å². The van der Waals surface area contributed by atoms with Crippen molar-refractivity contribution >= 4 is 28.9 Å². The monoisotopic (exact) mass is 285 g/mol. The standard InChI is InChI=1S/C14H15N5S/c1-2-8-15-14-18-12-11(16-9-17-12)13(19-14)20-10-6-4-3-5-7-10/h3-7,9H,2,8H2,1H3,(H2,15,16,17,18,19). The Morgan fingerprint density at radius 2 is 2.05 bits per heavy atom. The first-order valence-electron chi connectivity index (χ1n) is 6.54. The van der Waals surface area contributed by atoms with Gasteiger partial charge in [0.2, 0.25) is 5.95 Å². The summed E-state index contributed by atoms with van der Waals surface area (Å²) in [5.74, 6) is 0.630. The van der Waals surface area contributed by atoms with Crippen molar-refractivity contribution in [1.29, 1.82) is 0 Å². The lowest BCUT2D eigenvalue weighted by Crippen LogP contribution is -2.05. The first-order chi connectivity index (χ1) is 9.86. The van der Waals surface area contributed by atoms with Crippen molar-refractivity contribution in [2.45, 2.75) is 23.3 Å². The maximum atomic E-state index is 4.58. The number of rotatable bonds is 5. The van der Waals surface area contributed by atoms with Gasteiger partial charge in [0.25, 0.3) is 0 Å². The molecule has 0 amide bonds. The molecule has 6 heteroatoms. The molecule has 0 unspecified atom stereocenters. The third kappa shape index (κ3) is 2.75. The van der Waals surface area contributed by atoms with E-state index >= 15 is 0 Å². The highest BCUT2D eigenvalue weighted by Crippen LogP contribution is 2.30. The summed E-state index contributed by atoms with van der Waals surface area (Å²) in [5.41, 5.74) is 1.57. The van der Waals surface area contributed by atoms with E-state index in [2.05, 4.69) is 44.3 Å². The molecule has 0 atom stereocenters. The normalized spacial score (nSPS) is 10.8. The van der Waals surface area contributed by atoms with E-state index in [-0.39, 0.29) is 0 Å². The fraction of sp³-hybridized carbons (Fsp3) is 0.214. The quantitative estimate of drug-likeness (QED) is 0.704. The van der Waals surface area contributed by atoms with Crippen molar-refractivity contribution in [3.05, 3.63) is 36.7 Å². The van der Waals surface area contributed by atoms with Crippen molar-refractivity contribution in [3.8, 4) is 0 Å². The van der Waals surface area contributed by atoms with Crippen LogP contribution in [0.1, 0.15) is 13.3 Å². The fourth-order valence-corrected chi connectivity index (χ4v) is 2.70. The Bertz CT molecular complexity index is 695. The van der Waals surface area contributed by atoms with Crippen LogP contribution < -0.4 is 5.32 Å². The van der Waals surface area contributed by atoms with Crippen molar-refractivity contribution in [2.75, 3.05) is 11.9 Å². The molecule has 0 aliphatic carbocycles. The van der Waals surface area contributed by atoms with E-state index < -0.39 is 0 Å². The van der Waals surface area contributed by atoms with Crippen LogP contribution >= 0.6 is 11.8 Å². The van der Waals surface area contributed by atoms with Crippen molar-refractivity contribution in [2.24, 2.45) is 0 Å². The maximum Gasteiger partial charge on any atom is 0.225 e. The summed E-state index contributed by atoms with van der Waals surface area (Å²) in [6.45, 7) is 2.96. The molecule has 20 heavy (non-hydrogen) atoms. The number of anilines is 1. The minimum atomic E-state index is 0.630. The summed E-state index contributed by atoms with van der Waals surface area (Å²) in [6, 6.07) is 10.2. The van der Waals surface area contributed by atoms with E-state index in [1.54, 1.807) is 18.1 Å². The Balaban J connectivity index is 1.97. The first-order valence-corrected chi connectivity index (χ1v) is 7.36. The Kier molecular flexibility index (Phi) is 3.83. The second-order valence-corrected chi connectivity index (χ2v) is 5.36. The molecule has 3 rings (SSSR count). The predicted octanol–water partition coefficient (Wildman–Crippen LogP) is 3.33. The highest BCUT2D eigenvalue weighted by atomic mass is 32.2. The van der Waals surface area contributed by atoms with Crippen molar-refractivity contribution in [3.63, 3.8) is 0 Å². The number of hydrogen-bond donors (Lipinski definition) is 2. The zero-order valence-electron chi connectivity index (χ0n) is 11.1. The van der Waals surface area contributed by atoms with Gasteiger partial charge in [-0.15, -0.1) is 0 Å². The van der Waals surface area contributed by atoms with Crippen LogP contribution in [0.15, 0.2) is 46.6 Å². The molecular weight excluding hydrogens is 270 g/mol. The molecule has 102 valence electrons. The summed E-state index contributed by atoms with van der Waals surface area (Å²) in [7, 11) is 0. The van der Waals surface area contributed by atoms with Crippen LogP contribution in [0.4, 0.5) is 5.95 Å². The molecule has 0 fully saturated rings. The molecule has 1 aromatic carbocycles. The number of hydrogen-bond acceptors (Lipinski definition) is 5. The molecule has 0 radical (unpaired) electrons. The largest absolute Gasteiger partial charge is 0.354 e. The molecule has 0 aliphatic rings. The van der Waals surface area contributed by atoms with E-state index in [0.717, 1.165) is 28.4 Å². The van der Waals surface area contributed by atoms with Crippen LogP contribution in [0.2, 0.25) is 0 Å². The van der Waals surface area contributed by atoms with Gasteiger partial charge in [0, 0.05) is 11.4 Å². The average molecular weight is 285 g/mol.